The van der Waals surface area contributed by atoms with Crippen LogP contribution < -0.4 is 0 Å². The molecule has 1 aromatic heterocycles. The maximum Gasteiger partial charge on any atom is 0.346 e. The molecule has 5 heteroatoms. The van der Waals surface area contributed by atoms with Crippen LogP contribution in [0.25, 0.3) is 0 Å². The Kier molecular flexibility index (Phi) is 4.35. The van der Waals surface area contributed by atoms with Crippen LogP contribution in [0.15, 0.2) is 11.4 Å². The molecule has 0 aliphatic carbocycles. The Hall–Kier alpha value is -0.520. The van der Waals surface area contributed by atoms with Gasteiger partial charge in [-0.05, 0) is 30.0 Å². The fourth-order valence-electron chi connectivity index (χ4n) is 2.11. The van der Waals surface area contributed by atoms with Crippen molar-refractivity contribution in [2.24, 2.45) is 0 Å². The van der Waals surface area contributed by atoms with E-state index in [1.807, 2.05) is 23.2 Å². The summed E-state index contributed by atoms with van der Waals surface area (Å²) >= 11 is 3.33. The van der Waals surface area contributed by atoms with Gasteiger partial charge in [-0.1, -0.05) is 13.8 Å². The van der Waals surface area contributed by atoms with Crippen LogP contribution in [0.4, 0.5) is 0 Å². The first-order chi connectivity index (χ1) is 8.48. The van der Waals surface area contributed by atoms with E-state index in [1.54, 1.807) is 0 Å². The van der Waals surface area contributed by atoms with E-state index in [0.717, 1.165) is 37.4 Å². The standard InChI is InChI=1S/C13H19NO2S2/c1-13(2)4-5-14(6-8-18-13)9-10-3-7-17-11(10)12(15)16/h3,7H,4-6,8-9H2,1-2H3,(H,15,16). The van der Waals surface area contributed by atoms with Crippen molar-refractivity contribution in [3.63, 3.8) is 0 Å². The van der Waals surface area contributed by atoms with Crippen LogP contribution in [0, 0.1) is 0 Å². The number of thioether (sulfide) groups is 1. The molecule has 0 unspecified atom stereocenters. The largest absolute Gasteiger partial charge is 0.477 e. The average molecular weight is 285 g/mol. The topological polar surface area (TPSA) is 40.5 Å². The SMILES string of the molecule is CC1(C)CCN(Cc2ccsc2C(=O)O)CCS1. The highest BCUT2D eigenvalue weighted by Gasteiger charge is 2.24. The molecule has 2 rings (SSSR count). The second-order valence-electron chi connectivity index (χ2n) is 5.21. The highest BCUT2D eigenvalue weighted by molar-refractivity contribution is 8.00. The van der Waals surface area contributed by atoms with Gasteiger partial charge in [-0.15, -0.1) is 11.3 Å². The lowest BCUT2D eigenvalue weighted by Gasteiger charge is -2.22. The number of aromatic carboxylic acids is 1. The highest BCUT2D eigenvalue weighted by atomic mass is 32.2. The van der Waals surface area contributed by atoms with Crippen molar-refractivity contribution in [3.8, 4) is 0 Å². The molecule has 0 bridgehead atoms. The van der Waals surface area contributed by atoms with Gasteiger partial charge in [0.15, 0.2) is 0 Å². The summed E-state index contributed by atoms with van der Waals surface area (Å²) in [7, 11) is 0. The van der Waals surface area contributed by atoms with Crippen molar-refractivity contribution >= 4 is 29.1 Å². The molecule has 0 atom stereocenters. The van der Waals surface area contributed by atoms with Crippen molar-refractivity contribution < 1.29 is 9.90 Å². The summed E-state index contributed by atoms with van der Waals surface area (Å²) in [4.78, 5) is 13.9. The summed E-state index contributed by atoms with van der Waals surface area (Å²) in [6, 6.07) is 1.94. The Morgan fingerprint density at radius 1 is 1.50 bits per heavy atom. The fraction of sp³-hybridized carbons (Fsp3) is 0.615. The van der Waals surface area contributed by atoms with E-state index in [2.05, 4.69) is 18.7 Å². The first-order valence-electron chi connectivity index (χ1n) is 6.14. The van der Waals surface area contributed by atoms with Crippen molar-refractivity contribution in [1.29, 1.82) is 0 Å². The summed E-state index contributed by atoms with van der Waals surface area (Å²) < 4.78 is 0.346. The second kappa shape index (κ2) is 5.63. The lowest BCUT2D eigenvalue weighted by atomic mass is 10.1. The lowest BCUT2D eigenvalue weighted by molar-refractivity contribution is 0.0700. The number of carboxylic acid groups (broad SMARTS) is 1. The summed E-state index contributed by atoms with van der Waals surface area (Å²) in [5, 5.41) is 11.0. The first kappa shape index (κ1) is 13.9. The molecule has 1 aliphatic heterocycles. The molecule has 0 amide bonds. The molecule has 18 heavy (non-hydrogen) atoms. The molecule has 1 aromatic rings. The first-order valence-corrected chi connectivity index (χ1v) is 8.00. The molecular formula is C13H19NO2S2. The summed E-state index contributed by atoms with van der Waals surface area (Å²) in [5.41, 5.74) is 0.956. The average Bonchev–Trinajstić information content (AvgIpc) is 2.66. The van der Waals surface area contributed by atoms with Gasteiger partial charge in [0.05, 0.1) is 0 Å². The molecule has 1 aliphatic rings. The van der Waals surface area contributed by atoms with E-state index < -0.39 is 5.97 Å². The van der Waals surface area contributed by atoms with Gasteiger partial charge in [0.2, 0.25) is 0 Å². The quantitative estimate of drug-likeness (QED) is 0.926. The molecule has 0 spiro atoms. The number of carboxylic acids is 1. The zero-order chi connectivity index (χ0) is 13.2. The minimum Gasteiger partial charge on any atom is -0.477 e. The van der Waals surface area contributed by atoms with E-state index in [-0.39, 0.29) is 0 Å². The predicted octanol–water partition coefficient (Wildman–Crippen LogP) is 3.16. The zero-order valence-corrected chi connectivity index (χ0v) is 12.4. The highest BCUT2D eigenvalue weighted by Crippen LogP contribution is 2.31. The van der Waals surface area contributed by atoms with Crippen molar-refractivity contribution in [1.82, 2.24) is 4.90 Å². The third-order valence-corrected chi connectivity index (χ3v) is 5.58. The fourth-order valence-corrected chi connectivity index (χ4v) is 4.00. The number of hydrogen-bond donors (Lipinski definition) is 1. The van der Waals surface area contributed by atoms with Gasteiger partial charge in [0, 0.05) is 23.6 Å². The monoisotopic (exact) mass is 285 g/mol. The molecule has 1 saturated heterocycles. The molecule has 2 heterocycles. The molecule has 1 fully saturated rings. The smallest absolute Gasteiger partial charge is 0.346 e. The van der Waals surface area contributed by atoms with E-state index in [9.17, 15) is 4.79 Å². The van der Waals surface area contributed by atoms with Crippen molar-refractivity contribution in [2.75, 3.05) is 18.8 Å². The molecule has 100 valence electrons. The maximum absolute atomic E-state index is 11.1. The van der Waals surface area contributed by atoms with E-state index in [0.29, 0.717) is 9.62 Å². The van der Waals surface area contributed by atoms with Crippen LogP contribution in [0.2, 0.25) is 0 Å². The van der Waals surface area contributed by atoms with Crippen LogP contribution in [-0.2, 0) is 6.54 Å². The van der Waals surface area contributed by atoms with Crippen LogP contribution in [0.3, 0.4) is 0 Å². The normalized spacial score (nSPS) is 20.6. The summed E-state index contributed by atoms with van der Waals surface area (Å²) in [5.74, 6) is 0.323. The Labute approximate surface area is 116 Å². The van der Waals surface area contributed by atoms with Gasteiger partial charge in [0.1, 0.15) is 4.88 Å². The number of nitrogens with zero attached hydrogens (tertiary/aromatic N) is 1. The molecule has 0 saturated carbocycles. The van der Waals surface area contributed by atoms with Gasteiger partial charge in [-0.2, -0.15) is 11.8 Å². The molecular weight excluding hydrogens is 266 g/mol. The maximum atomic E-state index is 11.1. The van der Waals surface area contributed by atoms with Gasteiger partial charge in [-0.25, -0.2) is 4.79 Å². The summed E-state index contributed by atoms with van der Waals surface area (Å²) in [6.07, 6.45) is 1.16. The van der Waals surface area contributed by atoms with E-state index >= 15 is 0 Å². The number of carbonyl (C=O) groups is 1. The van der Waals surface area contributed by atoms with Crippen LogP contribution in [0.1, 0.15) is 35.5 Å². The van der Waals surface area contributed by atoms with Gasteiger partial charge in [0.25, 0.3) is 0 Å². The molecule has 1 N–H and O–H groups in total. The van der Waals surface area contributed by atoms with Crippen molar-refractivity contribution in [3.05, 3.63) is 21.9 Å². The summed E-state index contributed by atoms with van der Waals surface area (Å²) in [6.45, 7) is 7.43. The lowest BCUT2D eigenvalue weighted by Crippen LogP contribution is -2.27. The number of thiophene rings is 1. The van der Waals surface area contributed by atoms with Crippen LogP contribution in [0.5, 0.6) is 0 Å². The Bertz CT molecular complexity index is 428. The number of rotatable bonds is 3. The van der Waals surface area contributed by atoms with Crippen LogP contribution >= 0.6 is 23.1 Å². The third kappa shape index (κ3) is 3.49. The molecule has 0 aromatic carbocycles. The van der Waals surface area contributed by atoms with Crippen LogP contribution in [-0.4, -0.2) is 39.6 Å². The molecule has 3 nitrogen and oxygen atoms in total. The van der Waals surface area contributed by atoms with Crippen molar-refractivity contribution in [2.45, 2.75) is 31.6 Å². The molecule has 0 radical (unpaired) electrons. The van der Waals surface area contributed by atoms with Gasteiger partial charge < -0.3 is 5.11 Å². The Balaban J connectivity index is 2.01. The van der Waals surface area contributed by atoms with Gasteiger partial charge in [-0.3, -0.25) is 4.90 Å². The van der Waals surface area contributed by atoms with E-state index in [1.165, 1.54) is 11.3 Å². The Morgan fingerprint density at radius 2 is 2.28 bits per heavy atom. The minimum atomic E-state index is -0.801. The predicted molar refractivity (Wildman–Crippen MR) is 77.7 cm³/mol. The zero-order valence-electron chi connectivity index (χ0n) is 10.8. The second-order valence-corrected chi connectivity index (χ2v) is 7.93. The Morgan fingerprint density at radius 3 is 3.00 bits per heavy atom. The van der Waals surface area contributed by atoms with Gasteiger partial charge >= 0.3 is 5.97 Å². The van der Waals surface area contributed by atoms with E-state index in [4.69, 9.17) is 5.11 Å². The minimum absolute atomic E-state index is 0.346. The third-order valence-electron chi connectivity index (χ3n) is 3.27. The number of hydrogen-bond acceptors (Lipinski definition) is 4.